The molecule has 0 unspecified atom stereocenters. The lowest BCUT2D eigenvalue weighted by molar-refractivity contribution is -0.142. The van der Waals surface area contributed by atoms with Crippen molar-refractivity contribution in [3.8, 4) is 0 Å². The molecule has 0 aliphatic rings. The lowest BCUT2D eigenvalue weighted by Gasteiger charge is -2.21. The minimum atomic E-state index is -4.85. The van der Waals surface area contributed by atoms with E-state index in [2.05, 4.69) is 15.2 Å². The van der Waals surface area contributed by atoms with Gasteiger partial charge in [0.25, 0.3) is 5.56 Å². The summed E-state index contributed by atoms with van der Waals surface area (Å²) in [6, 6.07) is -0.683. The summed E-state index contributed by atoms with van der Waals surface area (Å²) in [5, 5.41) is 7.63. The molecule has 1 aromatic heterocycles. The van der Waals surface area contributed by atoms with E-state index in [1.165, 1.54) is 14.2 Å². The molecule has 24 heavy (non-hydrogen) atoms. The van der Waals surface area contributed by atoms with Gasteiger partial charge in [-0.25, -0.2) is 5.10 Å². The molecule has 11 heteroatoms. The van der Waals surface area contributed by atoms with Gasteiger partial charge in [0.15, 0.2) is 0 Å². The highest BCUT2D eigenvalue weighted by atomic mass is 19.4. The van der Waals surface area contributed by atoms with E-state index >= 15 is 0 Å². The average Bonchev–Trinajstić information content (AvgIpc) is 2.50. The van der Waals surface area contributed by atoms with Gasteiger partial charge in [-0.05, 0) is 0 Å². The van der Waals surface area contributed by atoms with Gasteiger partial charge < -0.3 is 19.5 Å². The predicted octanol–water partition coefficient (Wildman–Crippen LogP) is 0.795. The van der Waals surface area contributed by atoms with Crippen LogP contribution in [0.2, 0.25) is 0 Å². The van der Waals surface area contributed by atoms with E-state index in [1.54, 1.807) is 5.10 Å². The normalized spacial score (nSPS) is 12.7. The third-order valence-corrected chi connectivity index (χ3v) is 2.86. The Labute approximate surface area is 135 Å². The molecule has 136 valence electrons. The van der Waals surface area contributed by atoms with E-state index < -0.39 is 35.0 Å². The van der Waals surface area contributed by atoms with Crippen molar-refractivity contribution in [3.05, 3.63) is 22.1 Å². The molecule has 2 N–H and O–H groups in total. The molecule has 1 aromatic rings. The number of nitrogens with zero attached hydrogens (tertiary/aromatic N) is 1. The van der Waals surface area contributed by atoms with Crippen molar-refractivity contribution in [1.82, 2.24) is 10.2 Å². The summed E-state index contributed by atoms with van der Waals surface area (Å²) < 4.78 is 53.5. The van der Waals surface area contributed by atoms with Crippen LogP contribution in [-0.2, 0) is 25.2 Å². The van der Waals surface area contributed by atoms with Crippen molar-refractivity contribution in [2.75, 3.05) is 39.4 Å². The van der Waals surface area contributed by atoms with Crippen LogP contribution in [0.5, 0.6) is 0 Å². The third kappa shape index (κ3) is 6.16. The Morgan fingerprint density at radius 1 is 1.38 bits per heavy atom. The molecule has 0 spiro atoms. The number of ether oxygens (including phenoxy) is 3. The zero-order valence-corrected chi connectivity index (χ0v) is 13.1. The molecule has 0 aromatic carbocycles. The number of anilines is 1. The van der Waals surface area contributed by atoms with Crippen LogP contribution in [0.3, 0.4) is 0 Å². The molecule has 0 fully saturated rings. The van der Waals surface area contributed by atoms with Gasteiger partial charge in [-0.1, -0.05) is 0 Å². The molecule has 1 atom stereocenters. The Morgan fingerprint density at radius 3 is 2.67 bits per heavy atom. The van der Waals surface area contributed by atoms with Crippen molar-refractivity contribution in [3.63, 3.8) is 0 Å². The Hall–Kier alpha value is -2.14. The molecule has 0 aliphatic carbocycles. The zero-order valence-electron chi connectivity index (χ0n) is 13.1. The molecule has 0 radical (unpaired) electrons. The summed E-state index contributed by atoms with van der Waals surface area (Å²) >= 11 is 0. The molecule has 0 amide bonds. The van der Waals surface area contributed by atoms with Gasteiger partial charge in [-0.2, -0.15) is 18.3 Å². The maximum atomic E-state index is 13.0. The van der Waals surface area contributed by atoms with E-state index in [4.69, 9.17) is 9.47 Å². The highest BCUT2D eigenvalue weighted by Crippen LogP contribution is 2.31. The van der Waals surface area contributed by atoms with Crippen LogP contribution in [0.4, 0.5) is 18.9 Å². The highest BCUT2D eigenvalue weighted by molar-refractivity contribution is 5.69. The van der Waals surface area contributed by atoms with E-state index in [1.807, 2.05) is 0 Å². The van der Waals surface area contributed by atoms with E-state index in [0.717, 1.165) is 6.20 Å². The van der Waals surface area contributed by atoms with Crippen LogP contribution < -0.4 is 10.9 Å². The number of aromatic amines is 1. The molecule has 0 saturated heterocycles. The molecular weight excluding hydrogens is 335 g/mol. The number of esters is 1. The van der Waals surface area contributed by atoms with Gasteiger partial charge in [0.2, 0.25) is 0 Å². The lowest BCUT2D eigenvalue weighted by Crippen LogP contribution is -2.34. The Kier molecular flexibility index (Phi) is 7.65. The number of H-pyrrole nitrogens is 1. The Morgan fingerprint density at radius 2 is 2.08 bits per heavy atom. The number of aromatic nitrogens is 2. The van der Waals surface area contributed by atoms with Gasteiger partial charge in [0.05, 0.1) is 51.3 Å². The van der Waals surface area contributed by atoms with Gasteiger partial charge in [0, 0.05) is 7.11 Å². The fourth-order valence-corrected chi connectivity index (χ4v) is 1.82. The smallest absolute Gasteiger partial charge is 0.423 e. The number of nitrogens with one attached hydrogen (secondary N) is 2. The van der Waals surface area contributed by atoms with Gasteiger partial charge >= 0.3 is 12.1 Å². The van der Waals surface area contributed by atoms with E-state index in [9.17, 15) is 22.8 Å². The van der Waals surface area contributed by atoms with Crippen LogP contribution in [0.1, 0.15) is 12.0 Å². The minimum absolute atomic E-state index is 0.0105. The second kappa shape index (κ2) is 9.23. The van der Waals surface area contributed by atoms with Crippen molar-refractivity contribution in [1.29, 1.82) is 0 Å². The van der Waals surface area contributed by atoms with E-state index in [0.29, 0.717) is 0 Å². The predicted molar refractivity (Wildman–Crippen MR) is 76.6 cm³/mol. The summed E-state index contributed by atoms with van der Waals surface area (Å²) in [5.74, 6) is -0.468. The summed E-state index contributed by atoms with van der Waals surface area (Å²) in [6.07, 6.45) is -3.97. The standard InChI is InChI=1S/C13H18F3N3O5/c1-22-6-8(7-24-4-3-10(20)23-2)18-9-5-17-19-12(21)11(9)13(14,15)16/h5,8H,3-4,6-7H2,1-2H3,(H2,18,19,21)/t8-/m0/s1. The first-order valence-corrected chi connectivity index (χ1v) is 6.84. The number of rotatable bonds is 9. The SMILES string of the molecule is COC[C@@H](COCCC(=O)OC)Nc1cn[nH]c(=O)c1C(F)(F)F. The van der Waals surface area contributed by atoms with Crippen LogP contribution >= 0.6 is 0 Å². The third-order valence-electron chi connectivity index (χ3n) is 2.86. The largest absolute Gasteiger partial charge is 0.469 e. The number of methoxy groups -OCH3 is 2. The quantitative estimate of drug-likeness (QED) is 0.500. The van der Waals surface area contributed by atoms with Crippen molar-refractivity contribution >= 4 is 11.7 Å². The van der Waals surface area contributed by atoms with Crippen LogP contribution in [0.15, 0.2) is 11.0 Å². The first kappa shape index (κ1) is 19.9. The van der Waals surface area contributed by atoms with Crippen LogP contribution in [-0.4, -0.2) is 56.2 Å². The lowest BCUT2D eigenvalue weighted by atomic mass is 10.2. The molecule has 1 rings (SSSR count). The number of carbonyl (C=O) groups excluding carboxylic acids is 1. The Balaban J connectivity index is 2.77. The van der Waals surface area contributed by atoms with Gasteiger partial charge in [0.1, 0.15) is 5.56 Å². The summed E-state index contributed by atoms with van der Waals surface area (Å²) in [4.78, 5) is 22.4. The molecule has 0 bridgehead atoms. The fraction of sp³-hybridized carbons (Fsp3) is 0.615. The second-order valence-corrected chi connectivity index (χ2v) is 4.68. The number of hydrogen-bond donors (Lipinski definition) is 2. The minimum Gasteiger partial charge on any atom is -0.469 e. The van der Waals surface area contributed by atoms with Crippen molar-refractivity contribution in [2.24, 2.45) is 0 Å². The first-order valence-electron chi connectivity index (χ1n) is 6.84. The number of halogens is 3. The average molecular weight is 353 g/mol. The van der Waals surface area contributed by atoms with Gasteiger partial charge in [-0.15, -0.1) is 0 Å². The summed E-state index contributed by atoms with van der Waals surface area (Å²) in [7, 11) is 2.60. The van der Waals surface area contributed by atoms with Gasteiger partial charge in [-0.3, -0.25) is 9.59 Å². The maximum absolute atomic E-state index is 13.0. The highest BCUT2D eigenvalue weighted by Gasteiger charge is 2.37. The Bertz CT molecular complexity index is 591. The molecule has 0 saturated carbocycles. The monoisotopic (exact) mass is 353 g/mol. The second-order valence-electron chi connectivity index (χ2n) is 4.68. The van der Waals surface area contributed by atoms with Crippen LogP contribution in [0.25, 0.3) is 0 Å². The zero-order chi connectivity index (χ0) is 18.2. The summed E-state index contributed by atoms with van der Waals surface area (Å²) in [6.45, 7) is 0.00553. The number of hydrogen-bond acceptors (Lipinski definition) is 7. The summed E-state index contributed by atoms with van der Waals surface area (Å²) in [5.41, 5.74) is -3.21. The molecule has 8 nitrogen and oxygen atoms in total. The number of carbonyl (C=O) groups is 1. The molecular formula is C13H18F3N3O5. The maximum Gasteiger partial charge on any atom is 0.423 e. The van der Waals surface area contributed by atoms with Crippen molar-refractivity contribution in [2.45, 2.75) is 18.6 Å². The van der Waals surface area contributed by atoms with Crippen LogP contribution in [0, 0.1) is 0 Å². The molecule has 1 heterocycles. The first-order chi connectivity index (χ1) is 11.3. The topological polar surface area (TPSA) is 103 Å². The van der Waals surface area contributed by atoms with E-state index in [-0.39, 0.29) is 26.2 Å². The molecule has 0 aliphatic heterocycles. The van der Waals surface area contributed by atoms with Crippen molar-refractivity contribution < 1.29 is 32.2 Å². The number of alkyl halides is 3. The fourth-order valence-electron chi connectivity index (χ4n) is 1.82.